The zero-order chi connectivity index (χ0) is 15.2. The number of aryl methyl sites for hydroxylation is 1. The van der Waals surface area contributed by atoms with Crippen molar-refractivity contribution in [3.05, 3.63) is 69.7 Å². The van der Waals surface area contributed by atoms with Gasteiger partial charge in [0.05, 0.1) is 0 Å². The summed E-state index contributed by atoms with van der Waals surface area (Å²) in [6, 6.07) is 15.3. The highest BCUT2D eigenvalue weighted by Gasteiger charge is 2.07. The maximum absolute atomic E-state index is 12.0. The number of carbonyl (C=O) groups excluding carboxylic acids is 1. The second-order valence-electron chi connectivity index (χ2n) is 4.63. The van der Waals surface area contributed by atoms with E-state index in [4.69, 9.17) is 12.2 Å². The van der Waals surface area contributed by atoms with Gasteiger partial charge in [0.25, 0.3) is 5.91 Å². The fraction of sp³-hybridized carbons (Fsp3) is 0.125. The Hall–Kier alpha value is -1.72. The summed E-state index contributed by atoms with van der Waals surface area (Å²) in [5, 5.41) is 6.01. The molecule has 0 saturated heterocycles. The summed E-state index contributed by atoms with van der Waals surface area (Å²) in [7, 11) is 0. The van der Waals surface area contributed by atoms with Gasteiger partial charge in [-0.15, -0.1) is 0 Å². The van der Waals surface area contributed by atoms with Crippen LogP contribution in [0, 0.1) is 6.92 Å². The summed E-state index contributed by atoms with van der Waals surface area (Å²) >= 11 is 8.47. The molecule has 0 unspecified atom stereocenters. The van der Waals surface area contributed by atoms with Crippen molar-refractivity contribution in [2.75, 3.05) is 0 Å². The smallest absolute Gasteiger partial charge is 0.257 e. The van der Waals surface area contributed by atoms with Gasteiger partial charge in [-0.05, 0) is 42.9 Å². The Labute approximate surface area is 137 Å². The third kappa shape index (κ3) is 4.95. The molecule has 3 nitrogen and oxygen atoms in total. The van der Waals surface area contributed by atoms with E-state index in [0.717, 1.165) is 10.0 Å². The highest BCUT2D eigenvalue weighted by Crippen LogP contribution is 2.11. The molecule has 5 heteroatoms. The van der Waals surface area contributed by atoms with E-state index in [-0.39, 0.29) is 5.91 Å². The van der Waals surface area contributed by atoms with Crippen LogP contribution in [0.25, 0.3) is 0 Å². The number of thiocarbonyl (C=S) groups is 1. The van der Waals surface area contributed by atoms with Crippen molar-refractivity contribution in [2.45, 2.75) is 13.5 Å². The van der Waals surface area contributed by atoms with Crippen LogP contribution in [0.1, 0.15) is 21.5 Å². The minimum absolute atomic E-state index is 0.224. The Morgan fingerprint density at radius 1 is 1.19 bits per heavy atom. The molecular weight excluding hydrogens is 348 g/mol. The van der Waals surface area contributed by atoms with Gasteiger partial charge in [0, 0.05) is 16.6 Å². The van der Waals surface area contributed by atoms with Crippen LogP contribution in [0.3, 0.4) is 0 Å². The first-order valence-electron chi connectivity index (χ1n) is 6.45. The summed E-state index contributed by atoms with van der Waals surface area (Å²) in [4.78, 5) is 12.0. The van der Waals surface area contributed by atoms with Crippen LogP contribution in [-0.2, 0) is 6.54 Å². The number of carbonyl (C=O) groups is 1. The van der Waals surface area contributed by atoms with Crippen molar-refractivity contribution in [1.29, 1.82) is 0 Å². The van der Waals surface area contributed by atoms with E-state index in [1.807, 2.05) is 43.3 Å². The number of rotatable bonds is 3. The van der Waals surface area contributed by atoms with Crippen molar-refractivity contribution < 1.29 is 4.79 Å². The number of halogens is 1. The zero-order valence-electron chi connectivity index (χ0n) is 11.5. The Morgan fingerprint density at radius 3 is 2.57 bits per heavy atom. The summed E-state index contributed by atoms with van der Waals surface area (Å²) in [5.41, 5.74) is 2.88. The molecule has 21 heavy (non-hydrogen) atoms. The quantitative estimate of drug-likeness (QED) is 0.820. The van der Waals surface area contributed by atoms with Crippen LogP contribution in [-0.4, -0.2) is 11.0 Å². The van der Waals surface area contributed by atoms with Crippen LogP contribution in [0.15, 0.2) is 53.0 Å². The van der Waals surface area contributed by atoms with Gasteiger partial charge in [-0.1, -0.05) is 51.8 Å². The van der Waals surface area contributed by atoms with Crippen molar-refractivity contribution in [2.24, 2.45) is 0 Å². The summed E-state index contributed by atoms with van der Waals surface area (Å²) < 4.78 is 0.855. The molecule has 2 rings (SSSR count). The predicted octanol–water partition coefficient (Wildman–Crippen LogP) is 3.56. The van der Waals surface area contributed by atoms with Crippen LogP contribution >= 0.6 is 28.1 Å². The minimum Gasteiger partial charge on any atom is -0.358 e. The van der Waals surface area contributed by atoms with E-state index in [0.29, 0.717) is 17.2 Å². The van der Waals surface area contributed by atoms with Crippen molar-refractivity contribution in [3.8, 4) is 0 Å². The fourth-order valence-electron chi connectivity index (χ4n) is 1.74. The molecule has 0 aromatic heterocycles. The van der Waals surface area contributed by atoms with Gasteiger partial charge in [0.15, 0.2) is 5.11 Å². The molecule has 0 aliphatic heterocycles. The molecule has 0 radical (unpaired) electrons. The highest BCUT2D eigenvalue weighted by atomic mass is 79.9. The molecule has 0 bridgehead atoms. The van der Waals surface area contributed by atoms with Gasteiger partial charge in [0.1, 0.15) is 0 Å². The fourth-order valence-corrected chi connectivity index (χ4v) is 2.30. The summed E-state index contributed by atoms with van der Waals surface area (Å²) in [6.07, 6.45) is 0. The molecule has 0 atom stereocenters. The van der Waals surface area contributed by atoms with Crippen molar-refractivity contribution in [3.63, 3.8) is 0 Å². The van der Waals surface area contributed by atoms with E-state index in [2.05, 4.69) is 26.6 Å². The molecule has 0 heterocycles. The van der Waals surface area contributed by atoms with Gasteiger partial charge in [-0.3, -0.25) is 10.1 Å². The number of benzene rings is 2. The molecule has 2 N–H and O–H groups in total. The van der Waals surface area contributed by atoms with Gasteiger partial charge < -0.3 is 5.32 Å². The molecule has 0 spiro atoms. The topological polar surface area (TPSA) is 41.1 Å². The predicted molar refractivity (Wildman–Crippen MR) is 92.2 cm³/mol. The minimum atomic E-state index is -0.224. The van der Waals surface area contributed by atoms with E-state index >= 15 is 0 Å². The lowest BCUT2D eigenvalue weighted by Crippen LogP contribution is -2.38. The van der Waals surface area contributed by atoms with Crippen LogP contribution < -0.4 is 10.6 Å². The van der Waals surface area contributed by atoms with E-state index in [1.165, 1.54) is 5.56 Å². The lowest BCUT2D eigenvalue weighted by Gasteiger charge is -2.10. The third-order valence-corrected chi connectivity index (χ3v) is 3.63. The van der Waals surface area contributed by atoms with Gasteiger partial charge in [-0.2, -0.15) is 0 Å². The lowest BCUT2D eigenvalue weighted by molar-refractivity contribution is 0.0976. The maximum Gasteiger partial charge on any atom is 0.257 e. The molecule has 0 aliphatic carbocycles. The number of nitrogens with one attached hydrogen (secondary N) is 2. The Kier molecular flexibility index (Phi) is 5.47. The monoisotopic (exact) mass is 362 g/mol. The SMILES string of the molecule is Cc1ccc(CNC(=S)NC(=O)c2cccc(Br)c2)cc1. The normalized spacial score (nSPS) is 10.0. The number of hydrogen-bond acceptors (Lipinski definition) is 2. The van der Waals surface area contributed by atoms with Crippen LogP contribution in [0.5, 0.6) is 0 Å². The number of amides is 1. The Balaban J connectivity index is 1.87. The van der Waals surface area contributed by atoms with E-state index < -0.39 is 0 Å². The van der Waals surface area contributed by atoms with Crippen molar-refractivity contribution >= 4 is 39.2 Å². The molecule has 0 saturated carbocycles. The van der Waals surface area contributed by atoms with Gasteiger partial charge >= 0.3 is 0 Å². The Morgan fingerprint density at radius 2 is 1.90 bits per heavy atom. The zero-order valence-corrected chi connectivity index (χ0v) is 13.9. The summed E-state index contributed by atoms with van der Waals surface area (Å²) in [5.74, 6) is -0.224. The molecule has 1 amide bonds. The molecular formula is C16H15BrN2OS. The first-order chi connectivity index (χ1) is 10.0. The van der Waals surface area contributed by atoms with Crippen molar-refractivity contribution in [1.82, 2.24) is 10.6 Å². The average molecular weight is 363 g/mol. The van der Waals surface area contributed by atoms with Gasteiger partial charge in [-0.25, -0.2) is 0 Å². The average Bonchev–Trinajstić information content (AvgIpc) is 2.46. The Bertz CT molecular complexity index is 656. The van der Waals surface area contributed by atoms with E-state index in [9.17, 15) is 4.79 Å². The maximum atomic E-state index is 12.0. The third-order valence-electron chi connectivity index (χ3n) is 2.89. The standard InChI is InChI=1S/C16H15BrN2OS/c1-11-5-7-12(8-6-11)10-18-16(21)19-15(20)13-3-2-4-14(17)9-13/h2-9H,10H2,1H3,(H2,18,19,20,21). The van der Waals surface area contributed by atoms with Crippen LogP contribution in [0.2, 0.25) is 0 Å². The van der Waals surface area contributed by atoms with Gasteiger partial charge in [0.2, 0.25) is 0 Å². The highest BCUT2D eigenvalue weighted by molar-refractivity contribution is 9.10. The molecule has 2 aromatic carbocycles. The largest absolute Gasteiger partial charge is 0.358 e. The molecule has 0 aliphatic rings. The van der Waals surface area contributed by atoms with E-state index in [1.54, 1.807) is 12.1 Å². The second-order valence-corrected chi connectivity index (χ2v) is 5.96. The summed E-state index contributed by atoms with van der Waals surface area (Å²) in [6.45, 7) is 2.62. The first-order valence-corrected chi connectivity index (χ1v) is 7.65. The number of hydrogen-bond donors (Lipinski definition) is 2. The molecule has 2 aromatic rings. The molecule has 108 valence electrons. The van der Waals surface area contributed by atoms with Crippen LogP contribution in [0.4, 0.5) is 0 Å². The first kappa shape index (κ1) is 15.7. The molecule has 0 fully saturated rings. The lowest BCUT2D eigenvalue weighted by atomic mass is 10.1. The second kappa shape index (κ2) is 7.33.